The number of carbonyl (C=O) groups excluding carboxylic acids is 1. The molecule has 106 valence electrons. The number of para-hydroxylation sites is 2. The van der Waals surface area contributed by atoms with Gasteiger partial charge in [0.1, 0.15) is 5.75 Å². The van der Waals surface area contributed by atoms with Crippen molar-refractivity contribution in [1.29, 1.82) is 0 Å². The first-order valence-corrected chi connectivity index (χ1v) is 6.30. The summed E-state index contributed by atoms with van der Waals surface area (Å²) >= 11 is 0. The van der Waals surface area contributed by atoms with Crippen molar-refractivity contribution in [3.63, 3.8) is 0 Å². The second-order valence-corrected chi connectivity index (χ2v) is 4.37. The molecule has 1 aromatic heterocycles. The van der Waals surface area contributed by atoms with Gasteiger partial charge in [-0.1, -0.05) is 12.1 Å². The molecule has 0 aliphatic rings. The van der Waals surface area contributed by atoms with Crippen molar-refractivity contribution in [1.82, 2.24) is 15.1 Å². The van der Waals surface area contributed by atoms with Crippen molar-refractivity contribution < 1.29 is 9.53 Å². The van der Waals surface area contributed by atoms with Crippen LogP contribution in [0.15, 0.2) is 36.7 Å². The van der Waals surface area contributed by atoms with Crippen molar-refractivity contribution >= 4 is 11.6 Å². The van der Waals surface area contributed by atoms with E-state index in [0.29, 0.717) is 18.0 Å². The Kier molecular flexibility index (Phi) is 4.73. The van der Waals surface area contributed by atoms with E-state index in [9.17, 15) is 4.79 Å². The maximum absolute atomic E-state index is 11.8. The molecule has 0 bridgehead atoms. The highest BCUT2D eigenvalue weighted by Gasteiger charge is 2.06. The fourth-order valence-electron chi connectivity index (χ4n) is 1.83. The Hall–Kier alpha value is -2.34. The van der Waals surface area contributed by atoms with E-state index in [-0.39, 0.29) is 12.5 Å². The second-order valence-electron chi connectivity index (χ2n) is 4.37. The fourth-order valence-corrected chi connectivity index (χ4v) is 1.83. The van der Waals surface area contributed by atoms with Crippen LogP contribution in [0.4, 0.5) is 5.69 Å². The standard InChI is InChI=1S/C14H18N4O2/c1-18-10-11(8-16-18)7-15-9-14(19)17-12-5-3-4-6-13(12)20-2/h3-6,8,10,15H,7,9H2,1-2H3,(H,17,19). The number of rotatable bonds is 6. The Bertz CT molecular complexity index is 580. The average molecular weight is 274 g/mol. The van der Waals surface area contributed by atoms with E-state index in [4.69, 9.17) is 4.74 Å². The van der Waals surface area contributed by atoms with E-state index >= 15 is 0 Å². The molecular weight excluding hydrogens is 256 g/mol. The van der Waals surface area contributed by atoms with Gasteiger partial charge in [0.05, 0.1) is 25.5 Å². The monoisotopic (exact) mass is 274 g/mol. The summed E-state index contributed by atoms with van der Waals surface area (Å²) in [5, 5.41) is 9.94. The van der Waals surface area contributed by atoms with Gasteiger partial charge in [-0.2, -0.15) is 5.10 Å². The fraction of sp³-hybridized carbons (Fsp3) is 0.286. The minimum absolute atomic E-state index is 0.113. The van der Waals surface area contributed by atoms with Gasteiger partial charge in [-0.3, -0.25) is 9.48 Å². The van der Waals surface area contributed by atoms with Crippen molar-refractivity contribution in [2.75, 3.05) is 19.0 Å². The number of aromatic nitrogens is 2. The van der Waals surface area contributed by atoms with Crippen molar-refractivity contribution in [3.05, 3.63) is 42.2 Å². The van der Waals surface area contributed by atoms with E-state index < -0.39 is 0 Å². The molecule has 0 saturated heterocycles. The molecule has 1 heterocycles. The van der Waals surface area contributed by atoms with Crippen LogP contribution in [0.1, 0.15) is 5.56 Å². The number of ether oxygens (including phenoxy) is 1. The molecule has 0 spiro atoms. The zero-order valence-corrected chi connectivity index (χ0v) is 11.6. The normalized spacial score (nSPS) is 10.3. The molecule has 0 aliphatic heterocycles. The van der Waals surface area contributed by atoms with Crippen LogP contribution in [-0.4, -0.2) is 29.3 Å². The highest BCUT2D eigenvalue weighted by atomic mass is 16.5. The summed E-state index contributed by atoms with van der Waals surface area (Å²) in [5.74, 6) is 0.534. The molecule has 2 N–H and O–H groups in total. The number of carbonyl (C=O) groups is 1. The minimum Gasteiger partial charge on any atom is -0.495 e. The highest BCUT2D eigenvalue weighted by Crippen LogP contribution is 2.22. The molecule has 2 aromatic rings. The van der Waals surface area contributed by atoms with E-state index in [1.165, 1.54) is 0 Å². The number of anilines is 1. The number of aryl methyl sites for hydroxylation is 1. The Morgan fingerprint density at radius 2 is 2.20 bits per heavy atom. The molecule has 0 radical (unpaired) electrons. The molecule has 0 saturated carbocycles. The van der Waals surface area contributed by atoms with E-state index in [0.717, 1.165) is 5.56 Å². The number of benzene rings is 1. The Balaban J connectivity index is 1.80. The summed E-state index contributed by atoms with van der Waals surface area (Å²) in [6.45, 7) is 0.833. The molecule has 6 heteroatoms. The number of hydrogen-bond acceptors (Lipinski definition) is 4. The second kappa shape index (κ2) is 6.72. The maximum Gasteiger partial charge on any atom is 0.238 e. The van der Waals surface area contributed by atoms with Gasteiger partial charge in [0, 0.05) is 25.4 Å². The van der Waals surface area contributed by atoms with Crippen LogP contribution in [0.5, 0.6) is 5.75 Å². The number of methoxy groups -OCH3 is 1. The summed E-state index contributed by atoms with van der Waals surface area (Å²) in [6.07, 6.45) is 3.68. The first-order valence-electron chi connectivity index (χ1n) is 6.30. The van der Waals surface area contributed by atoms with Gasteiger partial charge in [-0.15, -0.1) is 0 Å². The first kappa shape index (κ1) is 14.1. The largest absolute Gasteiger partial charge is 0.495 e. The van der Waals surface area contributed by atoms with Gasteiger partial charge in [0.25, 0.3) is 0 Å². The van der Waals surface area contributed by atoms with Gasteiger partial charge in [-0.25, -0.2) is 0 Å². The van der Waals surface area contributed by atoms with E-state index in [1.807, 2.05) is 25.4 Å². The predicted octanol–water partition coefficient (Wildman–Crippen LogP) is 1.16. The maximum atomic E-state index is 11.8. The molecule has 1 aromatic carbocycles. The van der Waals surface area contributed by atoms with Crippen molar-refractivity contribution in [3.8, 4) is 5.75 Å². The molecule has 2 rings (SSSR count). The van der Waals surface area contributed by atoms with Crippen LogP contribution >= 0.6 is 0 Å². The van der Waals surface area contributed by atoms with Crippen LogP contribution < -0.4 is 15.4 Å². The molecule has 0 aliphatic carbocycles. The van der Waals surface area contributed by atoms with Crippen LogP contribution in [0.3, 0.4) is 0 Å². The van der Waals surface area contributed by atoms with Gasteiger partial charge >= 0.3 is 0 Å². The molecule has 0 unspecified atom stereocenters. The lowest BCUT2D eigenvalue weighted by Crippen LogP contribution is -2.27. The number of nitrogens with one attached hydrogen (secondary N) is 2. The molecule has 0 atom stereocenters. The van der Waals surface area contributed by atoms with Crippen LogP contribution in [0.25, 0.3) is 0 Å². The van der Waals surface area contributed by atoms with Gasteiger partial charge in [0.2, 0.25) is 5.91 Å². The summed E-state index contributed by atoms with van der Waals surface area (Å²) in [5.41, 5.74) is 1.71. The molecule has 20 heavy (non-hydrogen) atoms. The van der Waals surface area contributed by atoms with E-state index in [2.05, 4.69) is 15.7 Å². The number of nitrogens with zero attached hydrogens (tertiary/aromatic N) is 2. The van der Waals surface area contributed by atoms with Crippen molar-refractivity contribution in [2.24, 2.45) is 7.05 Å². The third-order valence-corrected chi connectivity index (χ3v) is 2.75. The summed E-state index contributed by atoms with van der Waals surface area (Å²) < 4.78 is 6.90. The van der Waals surface area contributed by atoms with Crippen molar-refractivity contribution in [2.45, 2.75) is 6.54 Å². The first-order chi connectivity index (χ1) is 9.69. The lowest BCUT2D eigenvalue weighted by atomic mass is 10.3. The van der Waals surface area contributed by atoms with Gasteiger partial charge in [-0.05, 0) is 12.1 Å². The summed E-state index contributed by atoms with van der Waals surface area (Å²) in [7, 11) is 3.43. The average Bonchev–Trinajstić information content (AvgIpc) is 2.85. The lowest BCUT2D eigenvalue weighted by Gasteiger charge is -2.10. The van der Waals surface area contributed by atoms with Gasteiger partial charge in [0.15, 0.2) is 0 Å². The lowest BCUT2D eigenvalue weighted by molar-refractivity contribution is -0.115. The van der Waals surface area contributed by atoms with E-state index in [1.54, 1.807) is 30.1 Å². The Morgan fingerprint density at radius 3 is 2.90 bits per heavy atom. The molecule has 0 fully saturated rings. The highest BCUT2D eigenvalue weighted by molar-refractivity contribution is 5.93. The zero-order valence-electron chi connectivity index (χ0n) is 11.6. The quantitative estimate of drug-likeness (QED) is 0.829. The third-order valence-electron chi connectivity index (χ3n) is 2.75. The summed E-state index contributed by atoms with van der Waals surface area (Å²) in [4.78, 5) is 11.8. The van der Waals surface area contributed by atoms with Crippen LogP contribution in [-0.2, 0) is 18.4 Å². The Labute approximate surface area is 117 Å². The molecular formula is C14H18N4O2. The zero-order chi connectivity index (χ0) is 14.4. The smallest absolute Gasteiger partial charge is 0.238 e. The SMILES string of the molecule is COc1ccccc1NC(=O)CNCc1cnn(C)c1. The van der Waals surface area contributed by atoms with Crippen LogP contribution in [0, 0.1) is 0 Å². The topological polar surface area (TPSA) is 68.2 Å². The predicted molar refractivity (Wildman–Crippen MR) is 76.5 cm³/mol. The molecule has 1 amide bonds. The number of hydrogen-bond donors (Lipinski definition) is 2. The minimum atomic E-state index is -0.113. The Morgan fingerprint density at radius 1 is 1.40 bits per heavy atom. The number of amides is 1. The molecule has 6 nitrogen and oxygen atoms in total. The van der Waals surface area contributed by atoms with Crippen LogP contribution in [0.2, 0.25) is 0 Å². The van der Waals surface area contributed by atoms with Gasteiger partial charge < -0.3 is 15.4 Å². The summed E-state index contributed by atoms with van der Waals surface area (Å²) in [6, 6.07) is 7.31. The third kappa shape index (κ3) is 3.83.